The number of rotatable bonds is 7. The predicted octanol–water partition coefficient (Wildman–Crippen LogP) is 3.24. The number of aromatic nitrogens is 1. The van der Waals surface area contributed by atoms with Crippen molar-refractivity contribution in [3.63, 3.8) is 0 Å². The average molecular weight is 285 g/mol. The van der Waals surface area contributed by atoms with Crippen molar-refractivity contribution < 1.29 is 5.11 Å². The quantitative estimate of drug-likeness (QED) is 0.820. The van der Waals surface area contributed by atoms with Gasteiger partial charge in [-0.15, -0.1) is 0 Å². The van der Waals surface area contributed by atoms with Crippen molar-refractivity contribution in [1.82, 2.24) is 9.88 Å². The van der Waals surface area contributed by atoms with E-state index in [2.05, 4.69) is 47.2 Å². The summed E-state index contributed by atoms with van der Waals surface area (Å²) >= 11 is 0. The van der Waals surface area contributed by atoms with Crippen molar-refractivity contribution in [2.24, 2.45) is 0 Å². The van der Waals surface area contributed by atoms with E-state index in [1.165, 1.54) is 11.8 Å². The molecule has 112 valence electrons. The molecule has 0 fully saturated rings. The smallest absolute Gasteiger partial charge is 0.133 e. The van der Waals surface area contributed by atoms with Gasteiger partial charge in [0.2, 0.25) is 0 Å². The third-order valence-corrected chi connectivity index (χ3v) is 3.57. The number of hydrogen-bond acceptors (Lipinski definition) is 4. The van der Waals surface area contributed by atoms with E-state index >= 15 is 0 Å². The van der Waals surface area contributed by atoms with Gasteiger partial charge in [-0.2, -0.15) is 0 Å². The summed E-state index contributed by atoms with van der Waals surface area (Å²) in [4.78, 5) is 6.58. The number of hydrogen-bond donors (Lipinski definition) is 2. The van der Waals surface area contributed by atoms with Gasteiger partial charge in [0.05, 0.1) is 18.4 Å². The predicted molar refractivity (Wildman–Crippen MR) is 86.3 cm³/mol. The van der Waals surface area contributed by atoms with Crippen LogP contribution in [0.4, 0.5) is 5.69 Å². The van der Waals surface area contributed by atoms with Crippen molar-refractivity contribution >= 4 is 5.69 Å². The zero-order chi connectivity index (χ0) is 15.1. The minimum atomic E-state index is 0.195. The topological polar surface area (TPSA) is 48.4 Å². The summed E-state index contributed by atoms with van der Waals surface area (Å²) in [5, 5.41) is 12.7. The van der Waals surface area contributed by atoms with E-state index in [0.29, 0.717) is 6.54 Å². The van der Waals surface area contributed by atoms with E-state index in [0.717, 1.165) is 31.0 Å². The lowest BCUT2D eigenvalue weighted by Crippen LogP contribution is -2.22. The van der Waals surface area contributed by atoms with Crippen molar-refractivity contribution in [2.45, 2.75) is 26.9 Å². The molecule has 21 heavy (non-hydrogen) atoms. The second kappa shape index (κ2) is 7.64. The molecule has 0 atom stereocenters. The Labute approximate surface area is 126 Å². The van der Waals surface area contributed by atoms with Gasteiger partial charge < -0.3 is 10.4 Å². The van der Waals surface area contributed by atoms with E-state index in [9.17, 15) is 5.11 Å². The first-order chi connectivity index (χ1) is 10.2. The van der Waals surface area contributed by atoms with Crippen molar-refractivity contribution in [2.75, 3.05) is 18.4 Å². The molecule has 0 radical (unpaired) electrons. The summed E-state index contributed by atoms with van der Waals surface area (Å²) in [5.41, 5.74) is 3.34. The molecule has 1 heterocycles. The number of para-hydroxylation sites is 1. The Balaban J connectivity index is 2.04. The summed E-state index contributed by atoms with van der Waals surface area (Å²) < 4.78 is 0. The molecular weight excluding hydrogens is 262 g/mol. The van der Waals surface area contributed by atoms with Crippen LogP contribution in [0.5, 0.6) is 5.75 Å². The normalized spacial score (nSPS) is 10.8. The highest BCUT2D eigenvalue weighted by Gasteiger charge is 2.06. The number of anilines is 1. The van der Waals surface area contributed by atoms with Crippen LogP contribution in [-0.4, -0.2) is 28.1 Å². The van der Waals surface area contributed by atoms with Gasteiger partial charge in [-0.25, -0.2) is 0 Å². The molecule has 2 N–H and O–H groups in total. The van der Waals surface area contributed by atoms with Gasteiger partial charge in [0.1, 0.15) is 5.75 Å². The molecule has 0 spiro atoms. The van der Waals surface area contributed by atoms with E-state index < -0.39 is 0 Å². The number of aromatic hydroxyl groups is 1. The Kier molecular flexibility index (Phi) is 5.58. The lowest BCUT2D eigenvalue weighted by molar-refractivity contribution is 0.296. The summed E-state index contributed by atoms with van der Waals surface area (Å²) in [6.45, 7) is 8.04. The Hall–Kier alpha value is -2.07. The van der Waals surface area contributed by atoms with Gasteiger partial charge in [0, 0.05) is 12.2 Å². The van der Waals surface area contributed by atoms with Crippen LogP contribution in [0.3, 0.4) is 0 Å². The Morgan fingerprint density at radius 2 is 1.86 bits per heavy atom. The van der Waals surface area contributed by atoms with E-state index in [1.54, 1.807) is 6.07 Å². The molecule has 4 heteroatoms. The molecule has 0 bridgehead atoms. The molecule has 0 amide bonds. The van der Waals surface area contributed by atoms with E-state index in [1.807, 2.05) is 12.1 Å². The largest absolute Gasteiger partial charge is 0.506 e. The number of benzene rings is 1. The fourth-order valence-electron chi connectivity index (χ4n) is 2.23. The van der Waals surface area contributed by atoms with Crippen LogP contribution in [0.1, 0.15) is 25.1 Å². The SMILES string of the molecule is CCN(CC)Cc1ccccc1NCc1ccc(O)cn1. The van der Waals surface area contributed by atoms with Crippen LogP contribution in [0.15, 0.2) is 42.6 Å². The Bertz CT molecular complexity index is 550. The third kappa shape index (κ3) is 4.46. The van der Waals surface area contributed by atoms with Gasteiger partial charge >= 0.3 is 0 Å². The second-order valence-electron chi connectivity index (χ2n) is 4.98. The maximum atomic E-state index is 9.25. The summed E-state index contributed by atoms with van der Waals surface area (Å²) in [6, 6.07) is 11.9. The van der Waals surface area contributed by atoms with Crippen molar-refractivity contribution in [1.29, 1.82) is 0 Å². The van der Waals surface area contributed by atoms with Crippen molar-refractivity contribution in [3.8, 4) is 5.75 Å². The third-order valence-electron chi connectivity index (χ3n) is 3.57. The Morgan fingerprint density at radius 3 is 2.52 bits per heavy atom. The number of nitrogens with zero attached hydrogens (tertiary/aromatic N) is 2. The first kappa shape index (κ1) is 15.3. The Morgan fingerprint density at radius 1 is 1.10 bits per heavy atom. The first-order valence-corrected chi connectivity index (χ1v) is 7.41. The van der Waals surface area contributed by atoms with Crippen LogP contribution in [0.2, 0.25) is 0 Å². The van der Waals surface area contributed by atoms with E-state index in [4.69, 9.17) is 0 Å². The number of pyridine rings is 1. The van der Waals surface area contributed by atoms with Crippen LogP contribution < -0.4 is 5.32 Å². The molecule has 0 saturated heterocycles. The summed E-state index contributed by atoms with van der Waals surface area (Å²) in [6.07, 6.45) is 1.47. The minimum Gasteiger partial charge on any atom is -0.506 e. The zero-order valence-corrected chi connectivity index (χ0v) is 12.7. The highest BCUT2D eigenvalue weighted by Crippen LogP contribution is 2.18. The first-order valence-electron chi connectivity index (χ1n) is 7.41. The lowest BCUT2D eigenvalue weighted by atomic mass is 10.1. The standard InChI is InChI=1S/C17H23N3O/c1-3-20(4-2)13-14-7-5-6-8-17(14)19-11-15-9-10-16(21)12-18-15/h5-10,12,19,21H,3-4,11,13H2,1-2H3. The van der Waals surface area contributed by atoms with Gasteiger partial charge in [-0.1, -0.05) is 32.0 Å². The van der Waals surface area contributed by atoms with E-state index in [-0.39, 0.29) is 5.75 Å². The highest BCUT2D eigenvalue weighted by atomic mass is 16.3. The lowest BCUT2D eigenvalue weighted by Gasteiger charge is -2.20. The molecule has 1 aromatic heterocycles. The fraction of sp³-hybridized carbons (Fsp3) is 0.353. The molecule has 0 unspecified atom stereocenters. The zero-order valence-electron chi connectivity index (χ0n) is 12.7. The van der Waals surface area contributed by atoms with Crippen LogP contribution in [-0.2, 0) is 13.1 Å². The minimum absolute atomic E-state index is 0.195. The average Bonchev–Trinajstić information content (AvgIpc) is 2.53. The molecule has 1 aromatic carbocycles. The second-order valence-corrected chi connectivity index (χ2v) is 4.98. The molecule has 2 rings (SSSR count). The molecule has 2 aromatic rings. The molecular formula is C17H23N3O. The molecule has 0 aliphatic rings. The van der Waals surface area contributed by atoms with Gasteiger partial charge in [0.15, 0.2) is 0 Å². The van der Waals surface area contributed by atoms with Crippen LogP contribution in [0, 0.1) is 0 Å². The fourth-order valence-corrected chi connectivity index (χ4v) is 2.23. The maximum Gasteiger partial charge on any atom is 0.133 e. The summed E-state index contributed by atoms with van der Waals surface area (Å²) in [5.74, 6) is 0.195. The highest BCUT2D eigenvalue weighted by molar-refractivity contribution is 5.51. The van der Waals surface area contributed by atoms with Crippen LogP contribution in [0.25, 0.3) is 0 Å². The molecule has 4 nitrogen and oxygen atoms in total. The number of nitrogens with one attached hydrogen (secondary N) is 1. The van der Waals surface area contributed by atoms with Gasteiger partial charge in [-0.05, 0) is 36.9 Å². The van der Waals surface area contributed by atoms with Crippen molar-refractivity contribution in [3.05, 3.63) is 53.9 Å². The monoisotopic (exact) mass is 285 g/mol. The maximum absolute atomic E-state index is 9.25. The van der Waals surface area contributed by atoms with Gasteiger partial charge in [0.25, 0.3) is 0 Å². The van der Waals surface area contributed by atoms with Crippen LogP contribution >= 0.6 is 0 Å². The molecule has 0 aliphatic heterocycles. The molecule has 0 aliphatic carbocycles. The molecule has 0 saturated carbocycles. The van der Waals surface area contributed by atoms with Gasteiger partial charge in [-0.3, -0.25) is 9.88 Å². The summed E-state index contributed by atoms with van der Waals surface area (Å²) in [7, 11) is 0.